The van der Waals surface area contributed by atoms with Gasteiger partial charge in [0.1, 0.15) is 5.82 Å². The summed E-state index contributed by atoms with van der Waals surface area (Å²) in [5, 5.41) is 16.4. The SMILES string of the molecule is COc1c(O)cc(/C=N/NC(=O)CNc2ccc(F)cc2)cc1Br. The Hall–Kier alpha value is -2.61. The standard InChI is InChI=1S/C16H15BrFN3O3/c1-24-16-13(17)6-10(7-14(16)22)8-20-21-15(23)9-19-12-4-2-11(18)3-5-12/h2-8,19,22H,9H2,1H3,(H,21,23)/b20-8+. The number of rotatable bonds is 6. The molecule has 0 aliphatic rings. The first kappa shape index (κ1) is 17.7. The van der Waals surface area contributed by atoms with E-state index < -0.39 is 0 Å². The Balaban J connectivity index is 1.87. The monoisotopic (exact) mass is 395 g/mol. The van der Waals surface area contributed by atoms with Crippen LogP contribution in [-0.2, 0) is 4.79 Å². The number of benzene rings is 2. The van der Waals surface area contributed by atoms with Crippen LogP contribution >= 0.6 is 15.9 Å². The maximum Gasteiger partial charge on any atom is 0.259 e. The van der Waals surface area contributed by atoms with Gasteiger partial charge >= 0.3 is 0 Å². The molecule has 1 amide bonds. The molecule has 0 spiro atoms. The minimum absolute atomic E-state index is 0.0134. The number of carbonyl (C=O) groups excluding carboxylic acids is 1. The van der Waals surface area contributed by atoms with E-state index in [9.17, 15) is 14.3 Å². The second-order valence-corrected chi connectivity index (χ2v) is 5.56. The van der Waals surface area contributed by atoms with Crippen molar-refractivity contribution in [3.05, 3.63) is 52.3 Å². The number of carbonyl (C=O) groups is 1. The van der Waals surface area contributed by atoms with Crippen molar-refractivity contribution >= 4 is 33.7 Å². The number of ether oxygens (including phenoxy) is 1. The van der Waals surface area contributed by atoms with Crippen molar-refractivity contribution in [2.24, 2.45) is 5.10 Å². The number of phenols is 1. The van der Waals surface area contributed by atoms with E-state index in [1.54, 1.807) is 6.07 Å². The van der Waals surface area contributed by atoms with Crippen molar-refractivity contribution < 1.29 is 19.0 Å². The molecule has 0 bridgehead atoms. The second-order valence-electron chi connectivity index (χ2n) is 4.71. The van der Waals surface area contributed by atoms with E-state index in [-0.39, 0.29) is 24.0 Å². The van der Waals surface area contributed by atoms with Crippen LogP contribution in [0.15, 0.2) is 46.0 Å². The molecule has 0 atom stereocenters. The summed E-state index contributed by atoms with van der Waals surface area (Å²) in [6.45, 7) is -0.0134. The highest BCUT2D eigenvalue weighted by molar-refractivity contribution is 9.10. The molecule has 2 aromatic carbocycles. The lowest BCUT2D eigenvalue weighted by Gasteiger charge is -2.07. The van der Waals surface area contributed by atoms with Crippen LogP contribution in [0.5, 0.6) is 11.5 Å². The smallest absolute Gasteiger partial charge is 0.259 e. The fourth-order valence-electron chi connectivity index (χ4n) is 1.84. The lowest BCUT2D eigenvalue weighted by Crippen LogP contribution is -2.25. The van der Waals surface area contributed by atoms with E-state index >= 15 is 0 Å². The number of hydrogen-bond donors (Lipinski definition) is 3. The highest BCUT2D eigenvalue weighted by Crippen LogP contribution is 2.34. The van der Waals surface area contributed by atoms with E-state index in [2.05, 4.69) is 31.8 Å². The van der Waals surface area contributed by atoms with Crippen LogP contribution in [0.25, 0.3) is 0 Å². The quantitative estimate of drug-likeness (QED) is 0.518. The number of hydrazone groups is 1. The average molecular weight is 396 g/mol. The molecule has 3 N–H and O–H groups in total. The summed E-state index contributed by atoms with van der Waals surface area (Å²) >= 11 is 3.26. The summed E-state index contributed by atoms with van der Waals surface area (Å²) in [5.74, 6) is -0.437. The lowest BCUT2D eigenvalue weighted by atomic mass is 10.2. The number of aromatic hydroxyl groups is 1. The Morgan fingerprint density at radius 2 is 2.08 bits per heavy atom. The minimum Gasteiger partial charge on any atom is -0.504 e. The van der Waals surface area contributed by atoms with Crippen molar-refractivity contribution in [1.82, 2.24) is 5.43 Å². The summed E-state index contributed by atoms with van der Waals surface area (Å²) in [7, 11) is 1.45. The fraction of sp³-hybridized carbons (Fsp3) is 0.125. The zero-order valence-corrected chi connectivity index (χ0v) is 14.3. The summed E-state index contributed by atoms with van der Waals surface area (Å²) in [6.07, 6.45) is 1.39. The Morgan fingerprint density at radius 1 is 1.38 bits per heavy atom. The summed E-state index contributed by atoms with van der Waals surface area (Å²) in [6, 6.07) is 8.80. The van der Waals surface area contributed by atoms with Crippen LogP contribution in [-0.4, -0.2) is 30.9 Å². The third-order valence-electron chi connectivity index (χ3n) is 2.95. The number of nitrogens with one attached hydrogen (secondary N) is 2. The molecule has 6 nitrogen and oxygen atoms in total. The predicted octanol–water partition coefficient (Wildman–Crippen LogP) is 2.86. The van der Waals surface area contributed by atoms with Crippen molar-refractivity contribution in [3.8, 4) is 11.5 Å². The number of hydrogen-bond acceptors (Lipinski definition) is 5. The van der Waals surface area contributed by atoms with Gasteiger partial charge in [0.05, 0.1) is 24.3 Å². The number of phenolic OH excluding ortho intramolecular Hbond substituents is 1. The van der Waals surface area contributed by atoms with Crippen LogP contribution in [0, 0.1) is 5.82 Å². The predicted molar refractivity (Wildman–Crippen MR) is 93.0 cm³/mol. The molecule has 8 heteroatoms. The highest BCUT2D eigenvalue weighted by atomic mass is 79.9. The maximum absolute atomic E-state index is 12.8. The maximum atomic E-state index is 12.8. The van der Waals surface area contributed by atoms with Gasteiger partial charge in [-0.25, -0.2) is 9.82 Å². The van der Waals surface area contributed by atoms with Crippen LogP contribution in [0.4, 0.5) is 10.1 Å². The molecule has 0 aliphatic heterocycles. The average Bonchev–Trinajstić information content (AvgIpc) is 2.54. The van der Waals surface area contributed by atoms with E-state index in [4.69, 9.17) is 4.74 Å². The largest absolute Gasteiger partial charge is 0.504 e. The molecule has 2 aromatic rings. The van der Waals surface area contributed by atoms with Crippen molar-refractivity contribution in [2.75, 3.05) is 19.0 Å². The lowest BCUT2D eigenvalue weighted by molar-refractivity contribution is -0.119. The van der Waals surface area contributed by atoms with E-state index in [0.29, 0.717) is 21.5 Å². The summed E-state index contributed by atoms with van der Waals surface area (Å²) < 4.78 is 18.3. The fourth-order valence-corrected chi connectivity index (χ4v) is 2.47. The van der Waals surface area contributed by atoms with Crippen LogP contribution in [0.3, 0.4) is 0 Å². The molecule has 126 valence electrons. The molecule has 0 aromatic heterocycles. The molecular formula is C16H15BrFN3O3. The van der Waals surface area contributed by atoms with Gasteiger partial charge in [0.2, 0.25) is 0 Å². The molecule has 0 fully saturated rings. The first-order chi connectivity index (χ1) is 11.5. The van der Waals surface area contributed by atoms with Gasteiger partial charge in [-0.15, -0.1) is 0 Å². The normalized spacial score (nSPS) is 10.6. The van der Waals surface area contributed by atoms with Crippen molar-refractivity contribution in [1.29, 1.82) is 0 Å². The second kappa shape index (κ2) is 8.30. The van der Waals surface area contributed by atoms with Crippen molar-refractivity contribution in [3.63, 3.8) is 0 Å². The zero-order chi connectivity index (χ0) is 17.5. The zero-order valence-electron chi connectivity index (χ0n) is 12.7. The molecule has 0 heterocycles. The van der Waals surface area contributed by atoms with Gasteiger partial charge in [0, 0.05) is 5.69 Å². The van der Waals surface area contributed by atoms with Crippen LogP contribution < -0.4 is 15.5 Å². The molecule has 0 aliphatic carbocycles. The molecule has 0 radical (unpaired) electrons. The van der Waals surface area contributed by atoms with Gasteiger partial charge in [0.25, 0.3) is 5.91 Å². The van der Waals surface area contributed by atoms with Gasteiger partial charge in [-0.2, -0.15) is 5.10 Å². The van der Waals surface area contributed by atoms with E-state index in [0.717, 1.165) is 0 Å². The minimum atomic E-state index is -0.368. The van der Waals surface area contributed by atoms with Crippen LogP contribution in [0.2, 0.25) is 0 Å². The first-order valence-corrected chi connectivity index (χ1v) is 7.66. The number of methoxy groups -OCH3 is 1. The molecular weight excluding hydrogens is 381 g/mol. The van der Waals surface area contributed by atoms with E-state index in [1.165, 1.54) is 43.7 Å². The van der Waals surface area contributed by atoms with E-state index in [1.807, 2.05) is 0 Å². The topological polar surface area (TPSA) is 83.0 Å². The number of halogens is 2. The Labute approximate surface area is 146 Å². The van der Waals surface area contributed by atoms with Gasteiger partial charge in [-0.3, -0.25) is 4.79 Å². The van der Waals surface area contributed by atoms with Gasteiger partial charge in [-0.05, 0) is 57.9 Å². The summed E-state index contributed by atoms with van der Waals surface area (Å²) in [5.41, 5.74) is 3.55. The van der Waals surface area contributed by atoms with Gasteiger partial charge in [0.15, 0.2) is 11.5 Å². The number of amides is 1. The molecule has 0 saturated heterocycles. The summed E-state index contributed by atoms with van der Waals surface area (Å²) in [4.78, 5) is 11.7. The van der Waals surface area contributed by atoms with Gasteiger partial charge in [-0.1, -0.05) is 0 Å². The first-order valence-electron chi connectivity index (χ1n) is 6.87. The third-order valence-corrected chi connectivity index (χ3v) is 3.54. The van der Waals surface area contributed by atoms with Gasteiger partial charge < -0.3 is 15.2 Å². The Kier molecular flexibility index (Phi) is 6.14. The Bertz CT molecular complexity index is 728. The van der Waals surface area contributed by atoms with Crippen molar-refractivity contribution in [2.45, 2.75) is 0 Å². The molecule has 2 rings (SSSR count). The molecule has 0 saturated carbocycles. The number of nitrogens with zero attached hydrogens (tertiary/aromatic N) is 1. The Morgan fingerprint density at radius 3 is 2.71 bits per heavy atom. The highest BCUT2D eigenvalue weighted by Gasteiger charge is 2.07. The molecule has 0 unspecified atom stereocenters. The molecule has 24 heavy (non-hydrogen) atoms. The van der Waals surface area contributed by atoms with Crippen LogP contribution in [0.1, 0.15) is 5.56 Å². The number of anilines is 1. The third kappa shape index (κ3) is 4.95.